The lowest BCUT2D eigenvalue weighted by Gasteiger charge is -2.05. The Kier molecular flexibility index (Phi) is 6.25. The van der Waals surface area contributed by atoms with Crippen LogP contribution in [0.4, 0.5) is 0 Å². The predicted molar refractivity (Wildman–Crippen MR) is 109 cm³/mol. The standard InChI is InChI=1S/C18H16BrN5O2S/c1-24-17(14-7-2-3-8-15(14)19)22-23-18(24)27-11-16(26)21-20-10-12-5-4-6-13(25)9-12/h2-10,25H,11H2,1H3,(H,21,26)/b20-10+. The van der Waals surface area contributed by atoms with Crippen LogP contribution in [0.2, 0.25) is 0 Å². The van der Waals surface area contributed by atoms with Crippen LogP contribution < -0.4 is 5.43 Å². The van der Waals surface area contributed by atoms with Crippen LogP contribution in [0, 0.1) is 0 Å². The molecule has 2 aromatic carbocycles. The van der Waals surface area contributed by atoms with E-state index in [1.807, 2.05) is 35.9 Å². The molecule has 0 bridgehead atoms. The second-order valence-corrected chi connectivity index (χ2v) is 7.32. The molecule has 9 heteroatoms. The van der Waals surface area contributed by atoms with Crippen LogP contribution in [-0.2, 0) is 11.8 Å². The number of nitrogens with zero attached hydrogens (tertiary/aromatic N) is 4. The van der Waals surface area contributed by atoms with E-state index in [0.717, 1.165) is 10.0 Å². The second-order valence-electron chi connectivity index (χ2n) is 5.52. The van der Waals surface area contributed by atoms with Crippen molar-refractivity contribution in [1.29, 1.82) is 0 Å². The molecule has 1 heterocycles. The van der Waals surface area contributed by atoms with E-state index in [4.69, 9.17) is 0 Å². The number of aromatic nitrogens is 3. The minimum Gasteiger partial charge on any atom is -0.508 e. The summed E-state index contributed by atoms with van der Waals surface area (Å²) in [6, 6.07) is 14.3. The molecule has 2 N–H and O–H groups in total. The highest BCUT2D eigenvalue weighted by Crippen LogP contribution is 2.28. The Labute approximate surface area is 168 Å². The topological polar surface area (TPSA) is 92.4 Å². The number of carbonyl (C=O) groups is 1. The summed E-state index contributed by atoms with van der Waals surface area (Å²) in [7, 11) is 1.86. The first-order valence-corrected chi connectivity index (χ1v) is 9.70. The molecule has 0 aliphatic heterocycles. The Morgan fingerprint density at radius 3 is 2.89 bits per heavy atom. The van der Waals surface area contributed by atoms with Gasteiger partial charge in [0.2, 0.25) is 0 Å². The van der Waals surface area contributed by atoms with Gasteiger partial charge in [0, 0.05) is 17.1 Å². The van der Waals surface area contributed by atoms with Crippen LogP contribution in [0.3, 0.4) is 0 Å². The molecule has 0 spiro atoms. The molecular formula is C18H16BrN5O2S. The summed E-state index contributed by atoms with van der Waals surface area (Å²) >= 11 is 4.78. The zero-order chi connectivity index (χ0) is 19.2. The van der Waals surface area contributed by atoms with Crippen LogP contribution in [0.25, 0.3) is 11.4 Å². The maximum atomic E-state index is 12.0. The van der Waals surface area contributed by atoms with Gasteiger partial charge >= 0.3 is 0 Å². The molecule has 0 unspecified atom stereocenters. The minimum atomic E-state index is -0.262. The zero-order valence-electron chi connectivity index (χ0n) is 14.3. The number of rotatable bonds is 6. The summed E-state index contributed by atoms with van der Waals surface area (Å²) in [6.07, 6.45) is 1.47. The van der Waals surface area contributed by atoms with E-state index >= 15 is 0 Å². The van der Waals surface area contributed by atoms with Crippen LogP contribution in [0.1, 0.15) is 5.56 Å². The zero-order valence-corrected chi connectivity index (χ0v) is 16.7. The van der Waals surface area contributed by atoms with Gasteiger partial charge in [-0.15, -0.1) is 10.2 Å². The number of benzene rings is 2. The van der Waals surface area contributed by atoms with E-state index in [9.17, 15) is 9.90 Å². The lowest BCUT2D eigenvalue weighted by atomic mass is 10.2. The first kappa shape index (κ1) is 19.1. The normalized spacial score (nSPS) is 11.0. The first-order chi connectivity index (χ1) is 13.0. The van der Waals surface area contributed by atoms with Gasteiger partial charge in [-0.05, 0) is 23.8 Å². The number of phenols is 1. The third kappa shape index (κ3) is 4.95. The molecular weight excluding hydrogens is 430 g/mol. The van der Waals surface area contributed by atoms with E-state index in [-0.39, 0.29) is 17.4 Å². The Morgan fingerprint density at radius 1 is 1.30 bits per heavy atom. The van der Waals surface area contributed by atoms with Gasteiger partial charge in [-0.1, -0.05) is 58.0 Å². The fraction of sp³-hybridized carbons (Fsp3) is 0.111. The van der Waals surface area contributed by atoms with Crippen molar-refractivity contribution in [3.63, 3.8) is 0 Å². The van der Waals surface area contributed by atoms with E-state index in [1.54, 1.807) is 24.3 Å². The van der Waals surface area contributed by atoms with Crippen LogP contribution >= 0.6 is 27.7 Å². The SMILES string of the molecule is Cn1c(SCC(=O)N/N=C/c2cccc(O)c2)nnc1-c1ccccc1Br. The van der Waals surface area contributed by atoms with Crippen molar-refractivity contribution in [2.45, 2.75) is 5.16 Å². The summed E-state index contributed by atoms with van der Waals surface area (Å²) in [5.41, 5.74) is 4.07. The molecule has 7 nitrogen and oxygen atoms in total. The van der Waals surface area contributed by atoms with Crippen molar-refractivity contribution >= 4 is 39.8 Å². The van der Waals surface area contributed by atoms with E-state index in [0.29, 0.717) is 16.5 Å². The number of hydrazone groups is 1. The summed E-state index contributed by atoms with van der Waals surface area (Å²) in [6.45, 7) is 0. The van der Waals surface area contributed by atoms with Crippen molar-refractivity contribution < 1.29 is 9.90 Å². The van der Waals surface area contributed by atoms with Gasteiger partial charge in [-0.2, -0.15) is 5.10 Å². The van der Waals surface area contributed by atoms with Crippen molar-refractivity contribution in [2.24, 2.45) is 12.1 Å². The molecule has 0 fully saturated rings. The Balaban J connectivity index is 1.57. The smallest absolute Gasteiger partial charge is 0.250 e. The first-order valence-electron chi connectivity index (χ1n) is 7.92. The molecule has 0 saturated carbocycles. The molecule has 3 aromatic rings. The number of nitrogens with one attached hydrogen (secondary N) is 1. The number of carbonyl (C=O) groups excluding carboxylic acids is 1. The number of amides is 1. The number of phenolic OH excluding ortho intramolecular Hbond substituents is 1. The molecule has 0 saturated heterocycles. The maximum absolute atomic E-state index is 12.0. The average Bonchev–Trinajstić information content (AvgIpc) is 3.01. The Hall–Kier alpha value is -2.65. The van der Waals surface area contributed by atoms with Crippen molar-refractivity contribution in [2.75, 3.05) is 5.75 Å². The highest BCUT2D eigenvalue weighted by atomic mass is 79.9. The van der Waals surface area contributed by atoms with Crippen molar-refractivity contribution in [1.82, 2.24) is 20.2 Å². The highest BCUT2D eigenvalue weighted by molar-refractivity contribution is 9.10. The maximum Gasteiger partial charge on any atom is 0.250 e. The fourth-order valence-electron chi connectivity index (χ4n) is 2.26. The molecule has 27 heavy (non-hydrogen) atoms. The summed E-state index contributed by atoms with van der Waals surface area (Å²) in [4.78, 5) is 12.0. The lowest BCUT2D eigenvalue weighted by Crippen LogP contribution is -2.19. The number of thioether (sulfide) groups is 1. The van der Waals surface area contributed by atoms with Gasteiger partial charge in [0.25, 0.3) is 5.91 Å². The summed E-state index contributed by atoms with van der Waals surface area (Å²) in [5, 5.41) is 22.3. The Bertz CT molecular complexity index is 989. The van der Waals surface area contributed by atoms with Crippen molar-refractivity contribution in [3.05, 3.63) is 58.6 Å². The van der Waals surface area contributed by atoms with E-state index in [1.165, 1.54) is 18.0 Å². The molecule has 3 rings (SSSR count). The third-order valence-corrected chi connectivity index (χ3v) is 5.27. The van der Waals surface area contributed by atoms with Gasteiger partial charge in [-0.3, -0.25) is 4.79 Å². The molecule has 0 aliphatic carbocycles. The average molecular weight is 446 g/mol. The van der Waals surface area contributed by atoms with E-state index < -0.39 is 0 Å². The molecule has 0 aliphatic rings. The molecule has 0 atom stereocenters. The van der Waals surface area contributed by atoms with Gasteiger partial charge in [0.1, 0.15) is 5.75 Å². The number of halogens is 1. The van der Waals surface area contributed by atoms with Gasteiger partial charge < -0.3 is 9.67 Å². The highest BCUT2D eigenvalue weighted by Gasteiger charge is 2.14. The summed E-state index contributed by atoms with van der Waals surface area (Å²) in [5.74, 6) is 0.748. The molecule has 1 amide bonds. The van der Waals surface area contributed by atoms with Crippen LogP contribution in [-0.4, -0.2) is 37.7 Å². The van der Waals surface area contributed by atoms with Crippen molar-refractivity contribution in [3.8, 4) is 17.1 Å². The fourth-order valence-corrected chi connectivity index (χ4v) is 3.43. The summed E-state index contributed by atoms with van der Waals surface area (Å²) < 4.78 is 2.77. The molecule has 1 aromatic heterocycles. The van der Waals surface area contributed by atoms with Gasteiger partial charge in [0.05, 0.1) is 12.0 Å². The number of hydrogen-bond acceptors (Lipinski definition) is 6. The molecule has 0 radical (unpaired) electrons. The monoisotopic (exact) mass is 445 g/mol. The third-order valence-electron chi connectivity index (χ3n) is 3.56. The quantitative estimate of drug-likeness (QED) is 0.345. The minimum absolute atomic E-state index is 0.143. The largest absolute Gasteiger partial charge is 0.508 e. The van der Waals surface area contributed by atoms with Gasteiger partial charge in [-0.25, -0.2) is 5.43 Å². The Morgan fingerprint density at radius 2 is 2.11 bits per heavy atom. The molecule has 138 valence electrons. The second kappa shape index (κ2) is 8.83. The van der Waals surface area contributed by atoms with E-state index in [2.05, 4.69) is 36.7 Å². The van der Waals surface area contributed by atoms with Crippen LogP contribution in [0.15, 0.2) is 63.3 Å². The van der Waals surface area contributed by atoms with Crippen LogP contribution in [0.5, 0.6) is 5.75 Å². The number of aromatic hydroxyl groups is 1. The predicted octanol–water partition coefficient (Wildman–Crippen LogP) is 3.19. The lowest BCUT2D eigenvalue weighted by molar-refractivity contribution is -0.118. The number of hydrogen-bond donors (Lipinski definition) is 2. The van der Waals surface area contributed by atoms with Gasteiger partial charge in [0.15, 0.2) is 11.0 Å².